The van der Waals surface area contributed by atoms with Gasteiger partial charge in [-0.1, -0.05) is 32.0 Å². The smallest absolute Gasteiger partial charge is 0.251 e. The van der Waals surface area contributed by atoms with Gasteiger partial charge >= 0.3 is 0 Å². The Labute approximate surface area is 161 Å². The zero-order chi connectivity index (χ0) is 19.8. The molecule has 3 N–H and O–H groups in total. The molecule has 0 aliphatic rings. The molecule has 0 aliphatic heterocycles. The van der Waals surface area contributed by atoms with Crippen LogP contribution in [0.4, 0.5) is 11.4 Å². The molecular weight excluding hydrogens is 338 g/mol. The Bertz CT molecular complexity index is 785. The molecule has 0 bridgehead atoms. The molecule has 2 rings (SSSR count). The predicted molar refractivity (Wildman–Crippen MR) is 111 cm³/mol. The van der Waals surface area contributed by atoms with Gasteiger partial charge in [-0.2, -0.15) is 0 Å². The quantitative estimate of drug-likeness (QED) is 0.657. The minimum atomic E-state index is -0.0995. The van der Waals surface area contributed by atoms with Crippen molar-refractivity contribution in [1.82, 2.24) is 5.32 Å². The fourth-order valence-electron chi connectivity index (χ4n) is 2.72. The standard InChI is InChI=1S/C22H29N3O2/c1-5-16(4)24-22(27)18-10-12-19(13-11-18)23-14-20(26)25-21-15(3)8-7-9-17(21)6-2/h7-13,16,23H,5-6,14H2,1-4H3,(H,24,27)(H,25,26). The molecule has 2 aromatic carbocycles. The lowest BCUT2D eigenvalue weighted by Crippen LogP contribution is -2.31. The molecular formula is C22H29N3O2. The third-order valence-corrected chi connectivity index (χ3v) is 4.59. The van der Waals surface area contributed by atoms with Crippen molar-refractivity contribution in [2.24, 2.45) is 0 Å². The highest BCUT2D eigenvalue weighted by Crippen LogP contribution is 2.21. The summed E-state index contributed by atoms with van der Waals surface area (Å²) < 4.78 is 0. The number of hydrogen-bond acceptors (Lipinski definition) is 3. The maximum Gasteiger partial charge on any atom is 0.251 e. The van der Waals surface area contributed by atoms with E-state index < -0.39 is 0 Å². The summed E-state index contributed by atoms with van der Waals surface area (Å²) in [5.41, 5.74) is 4.48. The van der Waals surface area contributed by atoms with Gasteiger partial charge in [0.25, 0.3) is 5.91 Å². The van der Waals surface area contributed by atoms with E-state index in [0.29, 0.717) is 5.56 Å². The first-order chi connectivity index (χ1) is 12.9. The van der Waals surface area contributed by atoms with Gasteiger partial charge in [-0.3, -0.25) is 9.59 Å². The van der Waals surface area contributed by atoms with Crippen LogP contribution in [-0.4, -0.2) is 24.4 Å². The summed E-state index contributed by atoms with van der Waals surface area (Å²) in [5, 5.41) is 9.02. The Hall–Kier alpha value is -2.82. The third-order valence-electron chi connectivity index (χ3n) is 4.59. The van der Waals surface area contributed by atoms with E-state index in [4.69, 9.17) is 0 Å². The van der Waals surface area contributed by atoms with Crippen molar-refractivity contribution in [3.05, 3.63) is 59.2 Å². The van der Waals surface area contributed by atoms with E-state index in [0.717, 1.165) is 35.3 Å². The van der Waals surface area contributed by atoms with Gasteiger partial charge in [0.2, 0.25) is 5.91 Å². The third kappa shape index (κ3) is 5.84. The normalized spacial score (nSPS) is 11.6. The van der Waals surface area contributed by atoms with Crippen LogP contribution in [0.25, 0.3) is 0 Å². The van der Waals surface area contributed by atoms with Crippen molar-refractivity contribution in [2.45, 2.75) is 46.6 Å². The Kier molecular flexibility index (Phi) is 7.41. The van der Waals surface area contributed by atoms with E-state index in [1.807, 2.05) is 51.1 Å². The van der Waals surface area contributed by atoms with Crippen molar-refractivity contribution in [1.29, 1.82) is 0 Å². The molecule has 0 spiro atoms. The van der Waals surface area contributed by atoms with Crippen molar-refractivity contribution in [3.63, 3.8) is 0 Å². The average Bonchev–Trinajstić information content (AvgIpc) is 2.68. The van der Waals surface area contributed by atoms with Crippen LogP contribution >= 0.6 is 0 Å². The molecule has 2 aromatic rings. The molecule has 2 amide bonds. The number of anilines is 2. The molecule has 0 radical (unpaired) electrons. The van der Waals surface area contributed by atoms with E-state index >= 15 is 0 Å². The highest BCUT2D eigenvalue weighted by molar-refractivity contribution is 5.96. The predicted octanol–water partition coefficient (Wildman–Crippen LogP) is 4.14. The first-order valence-corrected chi connectivity index (χ1v) is 9.47. The fourth-order valence-corrected chi connectivity index (χ4v) is 2.72. The fraction of sp³-hybridized carbons (Fsp3) is 0.364. The molecule has 0 saturated carbocycles. The maximum atomic E-state index is 12.3. The van der Waals surface area contributed by atoms with Gasteiger partial charge < -0.3 is 16.0 Å². The van der Waals surface area contributed by atoms with Gasteiger partial charge in [0.15, 0.2) is 0 Å². The number of rotatable bonds is 8. The van der Waals surface area contributed by atoms with Gasteiger partial charge in [0.1, 0.15) is 0 Å². The summed E-state index contributed by atoms with van der Waals surface area (Å²) in [5.74, 6) is -0.183. The van der Waals surface area contributed by atoms with Crippen LogP contribution in [0, 0.1) is 6.92 Å². The Balaban J connectivity index is 1.91. The van der Waals surface area contributed by atoms with E-state index in [-0.39, 0.29) is 24.4 Å². The lowest BCUT2D eigenvalue weighted by atomic mass is 10.1. The first-order valence-electron chi connectivity index (χ1n) is 9.47. The Morgan fingerprint density at radius 1 is 1.04 bits per heavy atom. The molecule has 0 saturated heterocycles. The minimum absolute atomic E-state index is 0.0831. The molecule has 0 aromatic heterocycles. The Morgan fingerprint density at radius 2 is 1.74 bits per heavy atom. The van der Waals surface area contributed by atoms with E-state index in [1.54, 1.807) is 12.1 Å². The second kappa shape index (κ2) is 9.76. The lowest BCUT2D eigenvalue weighted by Gasteiger charge is -2.14. The summed E-state index contributed by atoms with van der Waals surface area (Å²) in [7, 11) is 0. The van der Waals surface area contributed by atoms with Crippen LogP contribution < -0.4 is 16.0 Å². The number of nitrogens with one attached hydrogen (secondary N) is 3. The summed E-state index contributed by atoms with van der Waals surface area (Å²) in [6, 6.07) is 13.3. The average molecular weight is 367 g/mol. The molecule has 5 heteroatoms. The van der Waals surface area contributed by atoms with Gasteiger partial charge in [0.05, 0.1) is 6.54 Å². The second-order valence-electron chi connectivity index (χ2n) is 6.72. The van der Waals surface area contributed by atoms with Crippen LogP contribution in [0.3, 0.4) is 0 Å². The monoisotopic (exact) mass is 367 g/mol. The summed E-state index contributed by atoms with van der Waals surface area (Å²) in [6.07, 6.45) is 1.76. The van der Waals surface area contributed by atoms with Crippen molar-refractivity contribution in [2.75, 3.05) is 17.2 Å². The number of hydrogen-bond donors (Lipinski definition) is 3. The SMILES string of the molecule is CCc1cccc(C)c1NC(=O)CNc1ccc(C(=O)NC(C)CC)cc1. The first kappa shape index (κ1) is 20.5. The Morgan fingerprint density at radius 3 is 2.37 bits per heavy atom. The number of benzene rings is 2. The molecule has 0 heterocycles. The van der Waals surface area contributed by atoms with Crippen LogP contribution in [0.5, 0.6) is 0 Å². The molecule has 0 aliphatic carbocycles. The molecule has 27 heavy (non-hydrogen) atoms. The largest absolute Gasteiger partial charge is 0.376 e. The zero-order valence-electron chi connectivity index (χ0n) is 16.6. The van der Waals surface area contributed by atoms with Gasteiger partial charge in [-0.25, -0.2) is 0 Å². The molecule has 0 fully saturated rings. The van der Waals surface area contributed by atoms with Gasteiger partial charge in [-0.15, -0.1) is 0 Å². The second-order valence-corrected chi connectivity index (χ2v) is 6.72. The highest BCUT2D eigenvalue weighted by Gasteiger charge is 2.10. The number of carbonyl (C=O) groups excluding carboxylic acids is 2. The zero-order valence-corrected chi connectivity index (χ0v) is 16.6. The van der Waals surface area contributed by atoms with Gasteiger partial charge in [-0.05, 0) is 62.1 Å². The van der Waals surface area contributed by atoms with E-state index in [1.165, 1.54) is 0 Å². The molecule has 144 valence electrons. The van der Waals surface area contributed by atoms with Crippen molar-refractivity contribution < 1.29 is 9.59 Å². The minimum Gasteiger partial charge on any atom is -0.376 e. The van der Waals surface area contributed by atoms with Crippen LogP contribution in [0.15, 0.2) is 42.5 Å². The number of aryl methyl sites for hydroxylation is 2. The van der Waals surface area contributed by atoms with Crippen molar-refractivity contribution in [3.8, 4) is 0 Å². The number of carbonyl (C=O) groups is 2. The summed E-state index contributed by atoms with van der Waals surface area (Å²) >= 11 is 0. The van der Waals surface area contributed by atoms with Crippen LogP contribution in [-0.2, 0) is 11.2 Å². The van der Waals surface area contributed by atoms with Crippen LogP contribution in [0.2, 0.25) is 0 Å². The van der Waals surface area contributed by atoms with Gasteiger partial charge in [0, 0.05) is 23.0 Å². The number of amides is 2. The van der Waals surface area contributed by atoms with Crippen molar-refractivity contribution >= 4 is 23.2 Å². The summed E-state index contributed by atoms with van der Waals surface area (Å²) in [4.78, 5) is 24.4. The number of para-hydroxylation sites is 1. The van der Waals surface area contributed by atoms with E-state index in [9.17, 15) is 9.59 Å². The molecule has 1 unspecified atom stereocenters. The van der Waals surface area contributed by atoms with Crippen LogP contribution in [0.1, 0.15) is 48.7 Å². The van der Waals surface area contributed by atoms with E-state index in [2.05, 4.69) is 22.9 Å². The molecule has 5 nitrogen and oxygen atoms in total. The summed E-state index contributed by atoms with van der Waals surface area (Å²) in [6.45, 7) is 8.23. The highest BCUT2D eigenvalue weighted by atomic mass is 16.2. The maximum absolute atomic E-state index is 12.3. The topological polar surface area (TPSA) is 70.2 Å². The molecule has 1 atom stereocenters. The lowest BCUT2D eigenvalue weighted by molar-refractivity contribution is -0.114.